The van der Waals surface area contributed by atoms with E-state index in [1.807, 2.05) is 37.3 Å². The van der Waals surface area contributed by atoms with Crippen LogP contribution < -0.4 is 0 Å². The molecule has 0 unspecified atom stereocenters. The Hall–Kier alpha value is -1.31. The number of hydrogen-bond donors (Lipinski definition) is 0. The van der Waals surface area contributed by atoms with E-state index in [9.17, 15) is 4.79 Å². The van der Waals surface area contributed by atoms with Gasteiger partial charge in [0.2, 0.25) is 0 Å². The average molecular weight is 262 g/mol. The van der Waals surface area contributed by atoms with Crippen molar-refractivity contribution in [2.45, 2.75) is 64.9 Å². The molecule has 0 saturated carbocycles. The summed E-state index contributed by atoms with van der Waals surface area (Å²) >= 11 is 0. The quantitative estimate of drug-likeness (QED) is 0.501. The van der Waals surface area contributed by atoms with E-state index in [0.29, 0.717) is 0 Å². The average Bonchev–Trinajstić information content (AvgIpc) is 2.46. The molecule has 2 nitrogen and oxygen atoms in total. The van der Waals surface area contributed by atoms with E-state index >= 15 is 0 Å². The van der Waals surface area contributed by atoms with E-state index in [4.69, 9.17) is 4.74 Å². The molecule has 106 valence electrons. The van der Waals surface area contributed by atoms with Gasteiger partial charge in [0, 0.05) is 0 Å². The van der Waals surface area contributed by atoms with Crippen molar-refractivity contribution in [3.05, 3.63) is 35.9 Å². The first-order valence-electron chi connectivity index (χ1n) is 7.44. The first-order valence-corrected chi connectivity index (χ1v) is 7.44. The van der Waals surface area contributed by atoms with Crippen molar-refractivity contribution in [1.29, 1.82) is 0 Å². The van der Waals surface area contributed by atoms with Crippen molar-refractivity contribution in [3.8, 4) is 0 Å². The number of benzene rings is 1. The molecule has 0 N–H and O–H groups in total. The fraction of sp³-hybridized carbons (Fsp3) is 0.588. The fourth-order valence-corrected chi connectivity index (χ4v) is 2.11. The highest BCUT2D eigenvalue weighted by Crippen LogP contribution is 2.19. The van der Waals surface area contributed by atoms with Gasteiger partial charge in [-0.2, -0.15) is 0 Å². The molecule has 0 aliphatic rings. The maximum Gasteiger partial charge on any atom is 0.313 e. The molecule has 0 aliphatic carbocycles. The second-order valence-corrected chi connectivity index (χ2v) is 5.10. The number of esters is 1. The second-order valence-electron chi connectivity index (χ2n) is 5.10. The Balaban J connectivity index is 2.48. The van der Waals surface area contributed by atoms with Crippen LogP contribution in [-0.2, 0) is 9.53 Å². The number of hydrogen-bond acceptors (Lipinski definition) is 2. The third kappa shape index (κ3) is 5.46. The maximum atomic E-state index is 12.1. The van der Waals surface area contributed by atoms with Gasteiger partial charge in [0.05, 0.1) is 5.92 Å². The van der Waals surface area contributed by atoms with Gasteiger partial charge in [-0.3, -0.25) is 4.79 Å². The van der Waals surface area contributed by atoms with Crippen LogP contribution in [0.1, 0.15) is 64.4 Å². The fourth-order valence-electron chi connectivity index (χ4n) is 2.11. The molecule has 1 aromatic rings. The summed E-state index contributed by atoms with van der Waals surface area (Å²) in [5, 5.41) is 0. The smallest absolute Gasteiger partial charge is 0.313 e. The summed E-state index contributed by atoms with van der Waals surface area (Å²) in [5.74, 6) is -0.282. The molecule has 0 amide bonds. The Labute approximate surface area is 117 Å². The standard InChI is InChI=1S/C17H26O2/c1-4-6-8-13-16(5-2)19-17(18)14(3)15-11-9-7-10-12-15/h7,9-12,14,16H,4-6,8,13H2,1-3H3/t14-,16-/m1/s1. The molecule has 19 heavy (non-hydrogen) atoms. The van der Waals surface area contributed by atoms with Crippen LogP contribution in [0.25, 0.3) is 0 Å². The van der Waals surface area contributed by atoms with Gasteiger partial charge in [0.25, 0.3) is 0 Å². The number of unbranched alkanes of at least 4 members (excludes halogenated alkanes) is 2. The second kappa shape index (κ2) is 8.73. The van der Waals surface area contributed by atoms with E-state index in [2.05, 4.69) is 13.8 Å². The molecule has 1 aromatic carbocycles. The lowest BCUT2D eigenvalue weighted by atomic mass is 10.0. The Morgan fingerprint density at radius 3 is 2.42 bits per heavy atom. The highest BCUT2D eigenvalue weighted by atomic mass is 16.5. The summed E-state index contributed by atoms with van der Waals surface area (Å²) in [6.07, 6.45) is 5.51. The summed E-state index contributed by atoms with van der Waals surface area (Å²) in [6, 6.07) is 9.82. The molecule has 2 heteroatoms. The van der Waals surface area contributed by atoms with Gasteiger partial charge in [-0.05, 0) is 31.7 Å². The minimum atomic E-state index is -0.179. The van der Waals surface area contributed by atoms with Crippen molar-refractivity contribution in [2.24, 2.45) is 0 Å². The van der Waals surface area contributed by atoms with Crippen LogP contribution in [0.4, 0.5) is 0 Å². The van der Waals surface area contributed by atoms with Gasteiger partial charge in [-0.15, -0.1) is 0 Å². The largest absolute Gasteiger partial charge is 0.462 e. The normalized spacial score (nSPS) is 13.8. The molecule has 0 spiro atoms. The molecule has 0 bridgehead atoms. The Morgan fingerprint density at radius 2 is 1.84 bits per heavy atom. The Bertz CT molecular complexity index is 359. The van der Waals surface area contributed by atoms with Gasteiger partial charge < -0.3 is 4.74 Å². The third-order valence-electron chi connectivity index (χ3n) is 3.52. The van der Waals surface area contributed by atoms with Gasteiger partial charge in [-0.1, -0.05) is 57.0 Å². The van der Waals surface area contributed by atoms with Crippen LogP contribution in [-0.4, -0.2) is 12.1 Å². The van der Waals surface area contributed by atoms with E-state index in [1.54, 1.807) is 0 Å². The van der Waals surface area contributed by atoms with Crippen LogP contribution in [0.2, 0.25) is 0 Å². The highest BCUT2D eigenvalue weighted by molar-refractivity contribution is 5.77. The molecular formula is C17H26O2. The molecule has 0 heterocycles. The van der Waals surface area contributed by atoms with Crippen LogP contribution in [0, 0.1) is 0 Å². The Kier molecular flexibility index (Phi) is 7.24. The van der Waals surface area contributed by atoms with Crippen molar-refractivity contribution >= 4 is 5.97 Å². The Morgan fingerprint density at radius 1 is 1.16 bits per heavy atom. The number of ether oxygens (including phenoxy) is 1. The number of rotatable bonds is 8. The molecule has 0 fully saturated rings. The molecule has 0 aromatic heterocycles. The first kappa shape index (κ1) is 15.7. The molecule has 0 radical (unpaired) electrons. The molecule has 0 saturated heterocycles. The lowest BCUT2D eigenvalue weighted by Crippen LogP contribution is -2.21. The summed E-state index contributed by atoms with van der Waals surface area (Å²) < 4.78 is 5.62. The lowest BCUT2D eigenvalue weighted by Gasteiger charge is -2.19. The van der Waals surface area contributed by atoms with Crippen LogP contribution in [0.5, 0.6) is 0 Å². The zero-order valence-corrected chi connectivity index (χ0v) is 12.4. The summed E-state index contributed by atoms with van der Waals surface area (Å²) in [5.41, 5.74) is 1.02. The monoisotopic (exact) mass is 262 g/mol. The minimum Gasteiger partial charge on any atom is -0.462 e. The number of carbonyl (C=O) groups is 1. The van der Waals surface area contributed by atoms with Crippen molar-refractivity contribution in [1.82, 2.24) is 0 Å². The summed E-state index contributed by atoms with van der Waals surface area (Å²) in [4.78, 5) is 12.1. The third-order valence-corrected chi connectivity index (χ3v) is 3.52. The minimum absolute atomic E-state index is 0.0743. The van der Waals surface area contributed by atoms with E-state index in [1.165, 1.54) is 12.8 Å². The van der Waals surface area contributed by atoms with Gasteiger partial charge in [0.15, 0.2) is 0 Å². The topological polar surface area (TPSA) is 26.3 Å². The zero-order chi connectivity index (χ0) is 14.1. The molecule has 1 rings (SSSR count). The van der Waals surface area contributed by atoms with Gasteiger partial charge >= 0.3 is 5.97 Å². The van der Waals surface area contributed by atoms with Crippen molar-refractivity contribution in [3.63, 3.8) is 0 Å². The van der Waals surface area contributed by atoms with Crippen LogP contribution in [0.15, 0.2) is 30.3 Å². The highest BCUT2D eigenvalue weighted by Gasteiger charge is 2.19. The van der Waals surface area contributed by atoms with E-state index in [0.717, 1.165) is 24.8 Å². The van der Waals surface area contributed by atoms with Crippen LogP contribution in [0.3, 0.4) is 0 Å². The van der Waals surface area contributed by atoms with Crippen LogP contribution >= 0.6 is 0 Å². The molecule has 0 aliphatic heterocycles. The van der Waals surface area contributed by atoms with Gasteiger partial charge in [0.1, 0.15) is 6.10 Å². The first-order chi connectivity index (χ1) is 9.19. The lowest BCUT2D eigenvalue weighted by molar-refractivity contribution is -0.151. The molecular weight excluding hydrogens is 236 g/mol. The molecule has 2 atom stereocenters. The van der Waals surface area contributed by atoms with Crippen molar-refractivity contribution < 1.29 is 9.53 Å². The van der Waals surface area contributed by atoms with Gasteiger partial charge in [-0.25, -0.2) is 0 Å². The number of carbonyl (C=O) groups excluding carboxylic acids is 1. The zero-order valence-electron chi connectivity index (χ0n) is 12.4. The van der Waals surface area contributed by atoms with Crippen molar-refractivity contribution in [2.75, 3.05) is 0 Å². The van der Waals surface area contributed by atoms with E-state index < -0.39 is 0 Å². The predicted molar refractivity (Wildman–Crippen MR) is 79.2 cm³/mol. The summed E-state index contributed by atoms with van der Waals surface area (Å²) in [6.45, 7) is 6.18. The SMILES string of the molecule is CCCCC[C@@H](CC)OC(=O)[C@H](C)c1ccccc1. The van der Waals surface area contributed by atoms with E-state index in [-0.39, 0.29) is 18.0 Å². The summed E-state index contributed by atoms with van der Waals surface area (Å²) in [7, 11) is 0. The maximum absolute atomic E-state index is 12.1. The predicted octanol–water partition coefficient (Wildman–Crippen LogP) is 4.69.